The minimum Gasteiger partial charge on any atom is -0.345 e. The fourth-order valence-corrected chi connectivity index (χ4v) is 6.40. The third-order valence-electron chi connectivity index (χ3n) is 7.10. The first-order valence-corrected chi connectivity index (χ1v) is 15.7. The molecule has 46 heavy (non-hydrogen) atoms. The molecule has 2 aromatic heterocycles. The number of nitrogens with zero attached hydrogens (tertiary/aromatic N) is 6. The van der Waals surface area contributed by atoms with Crippen molar-refractivity contribution in [1.82, 2.24) is 25.1 Å². The van der Waals surface area contributed by atoms with E-state index in [1.165, 1.54) is 77.0 Å². The second kappa shape index (κ2) is 13.4. The highest BCUT2D eigenvalue weighted by Crippen LogP contribution is 2.35. The highest BCUT2D eigenvalue weighted by molar-refractivity contribution is 7.99. The van der Waals surface area contributed by atoms with Crippen LogP contribution in [0.5, 0.6) is 0 Å². The van der Waals surface area contributed by atoms with E-state index in [0.717, 1.165) is 27.9 Å². The van der Waals surface area contributed by atoms with Crippen LogP contribution in [0.15, 0.2) is 101 Å². The van der Waals surface area contributed by atoms with Crippen LogP contribution >= 0.6 is 23.1 Å². The average molecular weight is 660 g/mol. The van der Waals surface area contributed by atoms with Crippen LogP contribution in [-0.2, 0) is 11.3 Å². The van der Waals surface area contributed by atoms with Gasteiger partial charge in [0.2, 0.25) is 0 Å². The van der Waals surface area contributed by atoms with Gasteiger partial charge < -0.3 is 5.32 Å². The second-order valence-electron chi connectivity index (χ2n) is 9.99. The summed E-state index contributed by atoms with van der Waals surface area (Å²) in [6.45, 7) is -0.154. The van der Waals surface area contributed by atoms with E-state index in [9.17, 15) is 28.5 Å². The van der Waals surface area contributed by atoms with Gasteiger partial charge >= 0.3 is 0 Å². The van der Waals surface area contributed by atoms with Crippen molar-refractivity contribution in [2.24, 2.45) is 5.10 Å². The standard InChI is InChI=1S/C31H23F2N7O4S2/c32-20-9-7-19(8-10-20)26-16-25(27-6-3-15-45-27)37-39(26)29(41)18-46-31-36-35-28(17-34-30(42)23-4-1-2-5-24(23)33)38(31)21-11-13-22(14-12-21)40(43)44/h1-15,26H,16-18H2,(H,34,42)/t26-/m1/s1. The fourth-order valence-electron chi connectivity index (χ4n) is 4.86. The number of rotatable bonds is 10. The summed E-state index contributed by atoms with van der Waals surface area (Å²) in [6.07, 6.45) is 0.452. The first kappa shape index (κ1) is 30.7. The van der Waals surface area contributed by atoms with Gasteiger partial charge in [0.25, 0.3) is 17.5 Å². The molecule has 1 atom stereocenters. The van der Waals surface area contributed by atoms with Gasteiger partial charge in [-0.3, -0.25) is 24.3 Å². The largest absolute Gasteiger partial charge is 0.345 e. The Morgan fingerprint density at radius 1 is 1.00 bits per heavy atom. The number of non-ortho nitro benzene ring substituents is 1. The lowest BCUT2D eigenvalue weighted by molar-refractivity contribution is -0.384. The Bertz CT molecular complexity index is 1930. The number of benzene rings is 3. The van der Waals surface area contributed by atoms with Gasteiger partial charge in [-0.25, -0.2) is 13.8 Å². The van der Waals surface area contributed by atoms with E-state index in [1.807, 2.05) is 17.5 Å². The topological polar surface area (TPSA) is 136 Å². The highest BCUT2D eigenvalue weighted by Gasteiger charge is 2.34. The van der Waals surface area contributed by atoms with Crippen molar-refractivity contribution in [2.45, 2.75) is 24.2 Å². The van der Waals surface area contributed by atoms with Gasteiger partial charge in [0.05, 0.1) is 39.4 Å². The quantitative estimate of drug-likeness (QED) is 0.112. The van der Waals surface area contributed by atoms with Crippen LogP contribution in [0, 0.1) is 21.7 Å². The Labute approximate surface area is 268 Å². The van der Waals surface area contributed by atoms with Crippen LogP contribution in [0.4, 0.5) is 14.5 Å². The first-order chi connectivity index (χ1) is 22.3. The maximum atomic E-state index is 14.2. The Morgan fingerprint density at radius 3 is 2.46 bits per heavy atom. The van der Waals surface area contributed by atoms with Crippen LogP contribution in [0.2, 0.25) is 0 Å². The zero-order valence-corrected chi connectivity index (χ0v) is 25.4. The summed E-state index contributed by atoms with van der Waals surface area (Å²) in [4.78, 5) is 38.0. The van der Waals surface area contributed by atoms with E-state index in [0.29, 0.717) is 12.1 Å². The van der Waals surface area contributed by atoms with E-state index in [-0.39, 0.29) is 46.3 Å². The van der Waals surface area contributed by atoms with Crippen molar-refractivity contribution in [1.29, 1.82) is 0 Å². The van der Waals surface area contributed by atoms with E-state index >= 15 is 0 Å². The third kappa shape index (κ3) is 6.55. The molecule has 0 fully saturated rings. The Hall–Kier alpha value is -5.28. The number of nitro groups is 1. The molecule has 1 aliphatic rings. The molecule has 0 aliphatic carbocycles. The molecule has 11 nitrogen and oxygen atoms in total. The molecule has 5 aromatic rings. The van der Waals surface area contributed by atoms with Gasteiger partial charge in [0.1, 0.15) is 11.6 Å². The zero-order valence-electron chi connectivity index (χ0n) is 23.7. The van der Waals surface area contributed by atoms with Gasteiger partial charge in [0.15, 0.2) is 11.0 Å². The maximum absolute atomic E-state index is 14.2. The molecule has 0 radical (unpaired) electrons. The molecule has 2 amide bonds. The number of carbonyl (C=O) groups is 2. The monoisotopic (exact) mass is 659 g/mol. The molecule has 6 rings (SSSR count). The number of hydrogen-bond acceptors (Lipinski definition) is 9. The van der Waals surface area contributed by atoms with Crippen LogP contribution in [0.3, 0.4) is 0 Å². The van der Waals surface area contributed by atoms with Crippen LogP contribution < -0.4 is 5.32 Å². The molecule has 1 aliphatic heterocycles. The average Bonchev–Trinajstić information content (AvgIpc) is 3.83. The lowest BCUT2D eigenvalue weighted by Gasteiger charge is -2.22. The highest BCUT2D eigenvalue weighted by atomic mass is 32.2. The Morgan fingerprint density at radius 2 is 1.76 bits per heavy atom. The normalized spacial score (nSPS) is 14.3. The summed E-state index contributed by atoms with van der Waals surface area (Å²) >= 11 is 2.57. The first-order valence-electron chi connectivity index (χ1n) is 13.8. The summed E-state index contributed by atoms with van der Waals surface area (Å²) < 4.78 is 29.4. The van der Waals surface area contributed by atoms with E-state index in [4.69, 9.17) is 0 Å². The number of thioether (sulfide) groups is 1. The minimum absolute atomic E-state index is 0.106. The predicted octanol–water partition coefficient (Wildman–Crippen LogP) is 5.92. The molecule has 0 saturated heterocycles. The van der Waals surface area contributed by atoms with Crippen molar-refractivity contribution in [3.63, 3.8) is 0 Å². The summed E-state index contributed by atoms with van der Waals surface area (Å²) in [5.74, 6) is -1.93. The van der Waals surface area contributed by atoms with Crippen LogP contribution in [-0.4, -0.2) is 48.0 Å². The summed E-state index contributed by atoms with van der Waals surface area (Å²) in [7, 11) is 0. The fraction of sp³-hybridized carbons (Fsp3) is 0.129. The second-order valence-corrected chi connectivity index (χ2v) is 11.9. The number of aromatic nitrogens is 3. The molecule has 232 valence electrons. The molecule has 0 saturated carbocycles. The number of thiophene rings is 1. The third-order valence-corrected chi connectivity index (χ3v) is 8.93. The van der Waals surface area contributed by atoms with E-state index in [2.05, 4.69) is 20.6 Å². The van der Waals surface area contributed by atoms with Crippen LogP contribution in [0.1, 0.15) is 39.1 Å². The lowest BCUT2D eigenvalue weighted by atomic mass is 10.0. The number of nitro benzene ring substituents is 1. The number of hydrazone groups is 1. The van der Waals surface area contributed by atoms with Gasteiger partial charge in [-0.2, -0.15) is 5.10 Å². The van der Waals surface area contributed by atoms with Crippen molar-refractivity contribution < 1.29 is 23.3 Å². The Kier molecular flexibility index (Phi) is 8.94. The number of nitrogens with one attached hydrogen (secondary N) is 1. The maximum Gasteiger partial charge on any atom is 0.269 e. The van der Waals surface area contributed by atoms with Crippen molar-refractivity contribution in [2.75, 3.05) is 5.75 Å². The molecule has 3 heterocycles. The van der Waals surface area contributed by atoms with Gasteiger partial charge in [-0.15, -0.1) is 21.5 Å². The number of halogens is 2. The molecule has 15 heteroatoms. The van der Waals surface area contributed by atoms with Gasteiger partial charge in [0, 0.05) is 24.2 Å². The summed E-state index contributed by atoms with van der Waals surface area (Å²) in [6, 6.07) is 20.5. The molecule has 0 spiro atoms. The van der Waals surface area contributed by atoms with Crippen molar-refractivity contribution in [3.8, 4) is 5.69 Å². The predicted molar refractivity (Wildman–Crippen MR) is 168 cm³/mol. The minimum atomic E-state index is -0.683. The zero-order chi connectivity index (χ0) is 32.2. The molecule has 1 N–H and O–H groups in total. The summed E-state index contributed by atoms with van der Waals surface area (Å²) in [5, 5.41) is 30.5. The number of carbonyl (C=O) groups excluding carboxylic acids is 2. The van der Waals surface area contributed by atoms with Crippen LogP contribution in [0.25, 0.3) is 5.69 Å². The van der Waals surface area contributed by atoms with Gasteiger partial charge in [-0.1, -0.05) is 42.1 Å². The molecule has 3 aromatic carbocycles. The van der Waals surface area contributed by atoms with Crippen molar-refractivity contribution >= 4 is 46.3 Å². The lowest BCUT2D eigenvalue weighted by Crippen LogP contribution is -2.28. The van der Waals surface area contributed by atoms with E-state index in [1.54, 1.807) is 16.7 Å². The van der Waals surface area contributed by atoms with Gasteiger partial charge in [-0.05, 0) is 53.4 Å². The summed E-state index contributed by atoms with van der Waals surface area (Å²) in [5.41, 5.74) is 1.65. The molecule has 0 unspecified atom stereocenters. The molecular formula is C31H23F2N7O4S2. The smallest absolute Gasteiger partial charge is 0.269 e. The number of amides is 2. The van der Waals surface area contributed by atoms with E-state index < -0.39 is 22.7 Å². The number of hydrogen-bond donors (Lipinski definition) is 1. The molecule has 0 bridgehead atoms. The molecular weight excluding hydrogens is 637 g/mol. The Balaban J connectivity index is 1.25. The SMILES string of the molecule is O=C(NCc1nnc(SCC(=O)N2N=C(c3cccs3)C[C@@H]2c2ccc(F)cc2)n1-c1ccc([N+](=O)[O-])cc1)c1ccccc1F. The van der Waals surface area contributed by atoms with Crippen molar-refractivity contribution in [3.05, 3.63) is 134 Å².